The largest absolute Gasteiger partial charge is 0.384 e. The van der Waals surface area contributed by atoms with E-state index in [0.717, 1.165) is 18.7 Å². The molecule has 4 aromatic rings. The van der Waals surface area contributed by atoms with Crippen LogP contribution in [0.15, 0.2) is 47.0 Å². The lowest BCUT2D eigenvalue weighted by molar-refractivity contribution is -0.118. The van der Waals surface area contributed by atoms with E-state index in [1.807, 2.05) is 32.1 Å². The first-order chi connectivity index (χ1) is 17.7. The van der Waals surface area contributed by atoms with E-state index < -0.39 is 5.91 Å². The maximum Gasteiger partial charge on any atom is 0.269 e. The zero-order valence-electron chi connectivity index (χ0n) is 20.8. The second-order valence-electron chi connectivity index (χ2n) is 8.81. The molecular weight excluding hydrogens is 476 g/mol. The maximum atomic E-state index is 11.9. The summed E-state index contributed by atoms with van der Waals surface area (Å²) in [6.07, 6.45) is 1.62. The Labute approximate surface area is 212 Å². The van der Waals surface area contributed by atoms with Crippen molar-refractivity contribution in [1.82, 2.24) is 19.8 Å². The molecule has 0 radical (unpaired) electrons. The van der Waals surface area contributed by atoms with Crippen molar-refractivity contribution in [1.29, 1.82) is 0 Å². The lowest BCUT2D eigenvalue weighted by Crippen LogP contribution is -2.35. The lowest BCUT2D eigenvalue weighted by Gasteiger charge is -2.20. The summed E-state index contributed by atoms with van der Waals surface area (Å²) in [6.45, 7) is 1.43. The van der Waals surface area contributed by atoms with E-state index >= 15 is 0 Å². The predicted octanol–water partition coefficient (Wildman–Crippen LogP) is 1.69. The van der Waals surface area contributed by atoms with E-state index in [-0.39, 0.29) is 23.1 Å². The SMILES string of the molecule is CN(C)CC(=O)N(C)c1ccc2c(c1)CCN2.NC(=O)c1cc(C=O)n(-c2ccc3onc(N)c3c2)n1. The zero-order chi connectivity index (χ0) is 26.7. The van der Waals surface area contributed by atoms with Gasteiger partial charge in [0.15, 0.2) is 23.4 Å². The van der Waals surface area contributed by atoms with Crippen molar-refractivity contribution in [3.05, 3.63) is 59.4 Å². The van der Waals surface area contributed by atoms with Crippen LogP contribution in [0.4, 0.5) is 17.2 Å². The Morgan fingerprint density at radius 3 is 2.65 bits per heavy atom. The number of carbonyl (C=O) groups is 3. The molecule has 2 aromatic carbocycles. The molecule has 0 atom stereocenters. The van der Waals surface area contributed by atoms with Gasteiger partial charge in [-0.05, 0) is 62.5 Å². The molecule has 37 heavy (non-hydrogen) atoms. The smallest absolute Gasteiger partial charge is 0.269 e. The van der Waals surface area contributed by atoms with E-state index in [2.05, 4.69) is 27.7 Å². The summed E-state index contributed by atoms with van der Waals surface area (Å²) < 4.78 is 6.30. The van der Waals surface area contributed by atoms with Crippen LogP contribution in [-0.4, -0.2) is 72.2 Å². The van der Waals surface area contributed by atoms with Gasteiger partial charge < -0.3 is 31.1 Å². The Balaban J connectivity index is 0.000000176. The Morgan fingerprint density at radius 1 is 1.16 bits per heavy atom. The van der Waals surface area contributed by atoms with Gasteiger partial charge in [-0.15, -0.1) is 0 Å². The van der Waals surface area contributed by atoms with Gasteiger partial charge in [0.2, 0.25) is 5.91 Å². The molecular formula is C25H28N8O4. The van der Waals surface area contributed by atoms with E-state index in [9.17, 15) is 14.4 Å². The summed E-state index contributed by atoms with van der Waals surface area (Å²) in [4.78, 5) is 37.7. The molecule has 1 aliphatic heterocycles. The second kappa shape index (κ2) is 10.5. The highest BCUT2D eigenvalue weighted by Crippen LogP contribution is 2.27. The number of benzene rings is 2. The number of hydrogen-bond acceptors (Lipinski definition) is 9. The molecule has 12 heteroatoms. The quantitative estimate of drug-likeness (QED) is 0.331. The number of aldehydes is 1. The minimum Gasteiger partial charge on any atom is -0.384 e. The van der Waals surface area contributed by atoms with Gasteiger partial charge in [-0.1, -0.05) is 5.16 Å². The van der Waals surface area contributed by atoms with Crippen LogP contribution in [0.25, 0.3) is 16.7 Å². The summed E-state index contributed by atoms with van der Waals surface area (Å²) in [5, 5.41) is 11.5. The lowest BCUT2D eigenvalue weighted by atomic mass is 10.1. The van der Waals surface area contributed by atoms with E-state index in [1.54, 1.807) is 23.1 Å². The molecule has 3 heterocycles. The molecule has 0 spiro atoms. The van der Waals surface area contributed by atoms with Gasteiger partial charge in [0.05, 0.1) is 17.6 Å². The van der Waals surface area contributed by atoms with E-state index in [0.29, 0.717) is 29.5 Å². The normalized spacial score (nSPS) is 12.0. The average Bonchev–Trinajstić information content (AvgIpc) is 3.61. The van der Waals surface area contributed by atoms with Crippen LogP contribution in [-0.2, 0) is 11.2 Å². The van der Waals surface area contributed by atoms with Crippen LogP contribution in [0.5, 0.6) is 0 Å². The molecule has 12 nitrogen and oxygen atoms in total. The molecule has 5 N–H and O–H groups in total. The third-order valence-electron chi connectivity index (χ3n) is 5.85. The summed E-state index contributed by atoms with van der Waals surface area (Å²) in [6, 6.07) is 12.4. The van der Waals surface area contributed by atoms with Crippen molar-refractivity contribution in [2.45, 2.75) is 6.42 Å². The fourth-order valence-electron chi connectivity index (χ4n) is 3.90. The molecule has 0 aliphatic carbocycles. The number of amides is 2. The first kappa shape index (κ1) is 25.4. The number of primary amides is 1. The standard InChI is InChI=1S/C13H19N3O.C12H9N5O3/c1-15(2)9-13(17)16(3)11-4-5-12-10(8-11)6-7-14-12;13-11-8-3-6(1-2-10(8)20-16-11)17-7(5-18)4-9(15-17)12(14)19/h4-5,8,14H,6-7,9H2,1-3H3;1-5H,(H2,13,16)(H2,14,19). The summed E-state index contributed by atoms with van der Waals surface area (Å²) >= 11 is 0. The summed E-state index contributed by atoms with van der Waals surface area (Å²) in [7, 11) is 5.63. The minimum absolute atomic E-state index is 0.00508. The fraction of sp³-hybridized carbons (Fsp3) is 0.240. The third-order valence-corrected chi connectivity index (χ3v) is 5.85. The zero-order valence-corrected chi connectivity index (χ0v) is 20.8. The Kier molecular flexibility index (Phi) is 7.20. The Bertz CT molecular complexity index is 1470. The van der Waals surface area contributed by atoms with Crippen molar-refractivity contribution in [2.75, 3.05) is 50.2 Å². The number of carbonyl (C=O) groups excluding carboxylic acids is 3. The number of nitrogens with zero attached hydrogens (tertiary/aromatic N) is 5. The topological polar surface area (TPSA) is 166 Å². The van der Waals surface area contributed by atoms with Crippen molar-refractivity contribution >= 4 is 46.3 Å². The molecule has 0 saturated heterocycles. The van der Waals surface area contributed by atoms with Crippen LogP contribution in [0, 0.1) is 0 Å². The molecule has 0 fully saturated rings. The van der Waals surface area contributed by atoms with Crippen molar-refractivity contribution in [2.24, 2.45) is 5.73 Å². The molecule has 0 bridgehead atoms. The van der Waals surface area contributed by atoms with Crippen LogP contribution in [0.3, 0.4) is 0 Å². The number of aromatic nitrogens is 3. The Morgan fingerprint density at radius 2 is 1.95 bits per heavy atom. The highest BCUT2D eigenvalue weighted by molar-refractivity contribution is 5.95. The van der Waals surface area contributed by atoms with Gasteiger partial charge in [0.1, 0.15) is 5.69 Å². The van der Waals surface area contributed by atoms with Crippen molar-refractivity contribution in [3.63, 3.8) is 0 Å². The summed E-state index contributed by atoms with van der Waals surface area (Å²) in [5.41, 5.74) is 15.6. The van der Waals surface area contributed by atoms with Gasteiger partial charge in [-0.25, -0.2) is 4.68 Å². The molecule has 2 amide bonds. The number of nitrogens with two attached hydrogens (primary N) is 2. The van der Waals surface area contributed by atoms with Crippen molar-refractivity contribution < 1.29 is 18.9 Å². The van der Waals surface area contributed by atoms with Crippen LogP contribution in [0.2, 0.25) is 0 Å². The predicted molar refractivity (Wildman–Crippen MR) is 140 cm³/mol. The number of anilines is 3. The number of fused-ring (bicyclic) bond motifs is 2. The number of rotatable bonds is 6. The van der Waals surface area contributed by atoms with Crippen LogP contribution >= 0.6 is 0 Å². The third kappa shape index (κ3) is 5.43. The number of hydrogen-bond donors (Lipinski definition) is 3. The van der Waals surface area contributed by atoms with Crippen LogP contribution < -0.4 is 21.7 Å². The first-order valence-corrected chi connectivity index (χ1v) is 11.5. The molecule has 0 unspecified atom stereocenters. The van der Waals surface area contributed by atoms with E-state index in [4.69, 9.17) is 16.0 Å². The number of nitrogen functional groups attached to an aromatic ring is 1. The molecule has 5 rings (SSSR count). The second-order valence-corrected chi connectivity index (χ2v) is 8.81. The van der Waals surface area contributed by atoms with Gasteiger partial charge in [-0.3, -0.25) is 14.4 Å². The van der Waals surface area contributed by atoms with E-state index in [1.165, 1.54) is 22.0 Å². The molecule has 1 aliphatic rings. The molecule has 0 saturated carbocycles. The molecule has 192 valence electrons. The summed E-state index contributed by atoms with van der Waals surface area (Å²) in [5.74, 6) is -0.366. The highest BCUT2D eigenvalue weighted by atomic mass is 16.5. The Hall–Kier alpha value is -4.71. The molecule has 2 aromatic heterocycles. The highest BCUT2D eigenvalue weighted by Gasteiger charge is 2.16. The number of nitrogens with one attached hydrogen (secondary N) is 1. The first-order valence-electron chi connectivity index (χ1n) is 11.5. The average molecular weight is 505 g/mol. The van der Waals surface area contributed by atoms with Crippen LogP contribution in [0.1, 0.15) is 26.5 Å². The monoisotopic (exact) mass is 504 g/mol. The minimum atomic E-state index is -0.711. The van der Waals surface area contributed by atoms with Gasteiger partial charge >= 0.3 is 0 Å². The van der Waals surface area contributed by atoms with Gasteiger partial charge in [0.25, 0.3) is 5.91 Å². The fourth-order valence-corrected chi connectivity index (χ4v) is 3.90. The van der Waals surface area contributed by atoms with Crippen molar-refractivity contribution in [3.8, 4) is 5.69 Å². The maximum absolute atomic E-state index is 11.9. The number of likely N-dealkylation sites (N-methyl/N-ethyl adjacent to an activating group) is 2. The van der Waals surface area contributed by atoms with Gasteiger partial charge in [0, 0.05) is 31.0 Å². The van der Waals surface area contributed by atoms with Gasteiger partial charge in [-0.2, -0.15) is 5.10 Å².